The first-order chi connectivity index (χ1) is 15.6. The molecule has 2 saturated carbocycles. The first-order valence-corrected chi connectivity index (χ1v) is 12.0. The number of hydrogen-bond donors (Lipinski definition) is 4. The zero-order chi connectivity index (χ0) is 26.1. The van der Waals surface area contributed by atoms with Crippen LogP contribution in [-0.4, -0.2) is 57.6 Å². The zero-order valence-corrected chi connectivity index (χ0v) is 21.3. The number of nitrogens with one attached hydrogen (secondary N) is 2. The average molecular weight is 487 g/mol. The monoisotopic (exact) mass is 486 g/mol. The van der Waals surface area contributed by atoms with Gasteiger partial charge in [-0.05, 0) is 80.1 Å². The Labute approximate surface area is 202 Å². The highest BCUT2D eigenvalue weighted by Crippen LogP contribution is 2.25. The summed E-state index contributed by atoms with van der Waals surface area (Å²) in [5.74, 6) is -2.24. The van der Waals surface area contributed by atoms with Gasteiger partial charge in [-0.25, -0.2) is 9.59 Å². The summed E-state index contributed by atoms with van der Waals surface area (Å²) in [4.78, 5) is 44.8. The van der Waals surface area contributed by atoms with Crippen LogP contribution in [0.5, 0.6) is 0 Å². The average Bonchev–Trinajstić information content (AvgIpc) is 2.65. The highest BCUT2D eigenvalue weighted by molar-refractivity contribution is 5.71. The van der Waals surface area contributed by atoms with Gasteiger partial charge in [0.1, 0.15) is 11.2 Å². The van der Waals surface area contributed by atoms with Crippen LogP contribution >= 0.6 is 0 Å². The Hall–Kier alpha value is -2.52. The minimum Gasteiger partial charge on any atom is -0.481 e. The molecule has 2 amide bonds. The molecule has 0 aromatic carbocycles. The number of carboxylic acids is 2. The molecule has 0 bridgehead atoms. The third-order valence-corrected chi connectivity index (χ3v) is 5.49. The van der Waals surface area contributed by atoms with E-state index >= 15 is 0 Å². The van der Waals surface area contributed by atoms with Crippen molar-refractivity contribution in [3.63, 3.8) is 0 Å². The number of alkyl carbamates (subject to hydrolysis) is 2. The fourth-order valence-corrected chi connectivity index (χ4v) is 4.04. The minimum absolute atomic E-state index is 0.0836. The third kappa shape index (κ3) is 12.6. The van der Waals surface area contributed by atoms with Gasteiger partial charge < -0.3 is 30.3 Å². The van der Waals surface area contributed by atoms with Crippen LogP contribution in [0.4, 0.5) is 9.59 Å². The maximum Gasteiger partial charge on any atom is 0.407 e. The number of carboxylic acid groups (broad SMARTS) is 2. The number of hydrogen-bond acceptors (Lipinski definition) is 6. The topological polar surface area (TPSA) is 151 Å². The van der Waals surface area contributed by atoms with Gasteiger partial charge >= 0.3 is 24.1 Å². The molecule has 10 heteroatoms. The smallest absolute Gasteiger partial charge is 0.407 e. The molecule has 34 heavy (non-hydrogen) atoms. The van der Waals surface area contributed by atoms with E-state index in [4.69, 9.17) is 19.7 Å². The van der Waals surface area contributed by atoms with E-state index in [0.29, 0.717) is 25.7 Å². The summed E-state index contributed by atoms with van der Waals surface area (Å²) in [6.45, 7) is 10.8. The minimum atomic E-state index is -0.777. The Kier molecular flexibility index (Phi) is 11.1. The van der Waals surface area contributed by atoms with Crippen molar-refractivity contribution < 1.29 is 38.9 Å². The Morgan fingerprint density at radius 1 is 0.647 bits per heavy atom. The molecule has 0 radical (unpaired) electrons. The molecule has 2 fully saturated rings. The predicted octanol–water partition coefficient (Wildman–Crippen LogP) is 4.31. The van der Waals surface area contributed by atoms with E-state index < -0.39 is 35.3 Å². The number of aliphatic carboxylic acids is 2. The summed E-state index contributed by atoms with van der Waals surface area (Å²) >= 11 is 0. The zero-order valence-electron chi connectivity index (χ0n) is 21.3. The van der Waals surface area contributed by atoms with E-state index in [2.05, 4.69) is 10.6 Å². The second-order valence-electron chi connectivity index (χ2n) is 11.1. The molecule has 0 saturated heterocycles. The van der Waals surface area contributed by atoms with Crippen LogP contribution in [0.1, 0.15) is 92.9 Å². The number of ether oxygens (including phenoxy) is 2. The first-order valence-electron chi connectivity index (χ1n) is 12.0. The maximum absolute atomic E-state index is 11.5. The van der Waals surface area contributed by atoms with Gasteiger partial charge in [-0.2, -0.15) is 0 Å². The second-order valence-corrected chi connectivity index (χ2v) is 11.1. The normalized spacial score (nSPS) is 25.1. The molecule has 2 rings (SSSR count). The van der Waals surface area contributed by atoms with Gasteiger partial charge in [-0.3, -0.25) is 9.59 Å². The number of carbonyl (C=O) groups excluding carboxylic acids is 2. The van der Waals surface area contributed by atoms with Crippen LogP contribution in [0.2, 0.25) is 0 Å². The lowest BCUT2D eigenvalue weighted by atomic mass is 9.86. The molecule has 2 aliphatic carbocycles. The van der Waals surface area contributed by atoms with E-state index in [1.165, 1.54) is 0 Å². The van der Waals surface area contributed by atoms with Crippen LogP contribution < -0.4 is 10.6 Å². The molecule has 0 aromatic rings. The second kappa shape index (κ2) is 12.8. The Morgan fingerprint density at radius 2 is 0.971 bits per heavy atom. The summed E-state index contributed by atoms with van der Waals surface area (Å²) in [7, 11) is 0. The Bertz CT molecular complexity index is 651. The van der Waals surface area contributed by atoms with E-state index in [0.717, 1.165) is 25.7 Å². The van der Waals surface area contributed by atoms with E-state index in [1.807, 2.05) is 0 Å². The summed E-state index contributed by atoms with van der Waals surface area (Å²) in [6.07, 6.45) is 4.76. The van der Waals surface area contributed by atoms with Crippen molar-refractivity contribution in [1.29, 1.82) is 0 Å². The van der Waals surface area contributed by atoms with E-state index in [-0.39, 0.29) is 23.9 Å². The summed E-state index contributed by atoms with van der Waals surface area (Å²) < 4.78 is 10.3. The van der Waals surface area contributed by atoms with Gasteiger partial charge in [0, 0.05) is 12.1 Å². The van der Waals surface area contributed by atoms with Crippen molar-refractivity contribution in [2.24, 2.45) is 11.8 Å². The SMILES string of the molecule is CC(C)(C)OC(=O)N[C@@H]1CCC[C@H](C(=O)O)C1.CC(C)(C)OC(=O)N[C@H]1CCC[C@@H](C(=O)O)C1. The fraction of sp³-hybridized carbons (Fsp3) is 0.833. The van der Waals surface area contributed by atoms with Crippen molar-refractivity contribution in [3.05, 3.63) is 0 Å². The molecule has 0 unspecified atom stereocenters. The molecule has 4 N–H and O–H groups in total. The number of amides is 2. The first kappa shape index (κ1) is 29.5. The molecule has 0 aromatic heterocycles. The molecule has 2 aliphatic rings. The van der Waals surface area contributed by atoms with E-state index in [9.17, 15) is 19.2 Å². The predicted molar refractivity (Wildman–Crippen MR) is 126 cm³/mol. The Morgan fingerprint density at radius 3 is 1.24 bits per heavy atom. The molecule has 0 spiro atoms. The lowest BCUT2D eigenvalue weighted by Crippen LogP contribution is -2.42. The summed E-state index contributed by atoms with van der Waals surface area (Å²) in [6, 6.07) is -0.167. The van der Waals surface area contributed by atoms with Gasteiger partial charge in [-0.15, -0.1) is 0 Å². The maximum atomic E-state index is 11.5. The number of carbonyl (C=O) groups is 4. The van der Waals surface area contributed by atoms with Crippen molar-refractivity contribution in [3.8, 4) is 0 Å². The van der Waals surface area contributed by atoms with E-state index in [1.54, 1.807) is 41.5 Å². The van der Waals surface area contributed by atoms with Crippen molar-refractivity contribution in [2.75, 3.05) is 0 Å². The van der Waals surface area contributed by atoms with Crippen molar-refractivity contribution in [1.82, 2.24) is 10.6 Å². The fourth-order valence-electron chi connectivity index (χ4n) is 4.04. The standard InChI is InChI=1S/2C12H21NO4/c2*1-12(2,3)17-11(16)13-9-6-4-5-8(7-9)10(14)15/h2*8-9H,4-7H2,1-3H3,(H,13,16)(H,14,15)/t2*8-,9+/m10/s1. The number of rotatable bonds is 4. The lowest BCUT2D eigenvalue weighted by molar-refractivity contribution is -0.144. The van der Waals surface area contributed by atoms with Crippen LogP contribution in [0.3, 0.4) is 0 Å². The molecule has 4 atom stereocenters. The quantitative estimate of drug-likeness (QED) is 0.459. The highest BCUT2D eigenvalue weighted by atomic mass is 16.6. The van der Waals surface area contributed by atoms with Crippen LogP contribution in [0.15, 0.2) is 0 Å². The van der Waals surface area contributed by atoms with Gasteiger partial charge in [0.15, 0.2) is 0 Å². The Balaban J connectivity index is 0.000000340. The van der Waals surface area contributed by atoms with Gasteiger partial charge in [0.05, 0.1) is 11.8 Å². The van der Waals surface area contributed by atoms with Gasteiger partial charge in [0.25, 0.3) is 0 Å². The van der Waals surface area contributed by atoms with Crippen molar-refractivity contribution in [2.45, 2.75) is 116 Å². The molecule has 196 valence electrons. The molecule has 0 aliphatic heterocycles. The van der Waals surface area contributed by atoms with Crippen LogP contribution in [0, 0.1) is 11.8 Å². The third-order valence-electron chi connectivity index (χ3n) is 5.49. The van der Waals surface area contributed by atoms with Crippen LogP contribution in [0.25, 0.3) is 0 Å². The van der Waals surface area contributed by atoms with Gasteiger partial charge in [-0.1, -0.05) is 12.8 Å². The lowest BCUT2D eigenvalue weighted by Gasteiger charge is -2.28. The summed E-state index contributed by atoms with van der Waals surface area (Å²) in [5, 5.41) is 23.3. The van der Waals surface area contributed by atoms with Gasteiger partial charge in [0.2, 0.25) is 0 Å². The summed E-state index contributed by atoms with van der Waals surface area (Å²) in [5.41, 5.74) is -1.05. The van der Waals surface area contributed by atoms with Crippen molar-refractivity contribution >= 4 is 24.1 Å². The molecule has 0 heterocycles. The highest BCUT2D eigenvalue weighted by Gasteiger charge is 2.30. The molecule has 10 nitrogen and oxygen atoms in total. The largest absolute Gasteiger partial charge is 0.481 e. The molecular weight excluding hydrogens is 444 g/mol. The molecular formula is C24H42N2O8. The van der Waals surface area contributed by atoms with Crippen LogP contribution in [-0.2, 0) is 19.1 Å².